The van der Waals surface area contributed by atoms with Gasteiger partial charge in [0.25, 0.3) is 0 Å². The van der Waals surface area contributed by atoms with Gasteiger partial charge in [-0.1, -0.05) is 52.2 Å². The van der Waals surface area contributed by atoms with Crippen molar-refractivity contribution in [2.24, 2.45) is 51.8 Å². The molecule has 174 valence electrons. The van der Waals surface area contributed by atoms with Gasteiger partial charge in [-0.25, -0.2) is 0 Å². The maximum atomic E-state index is 12.6. The fourth-order valence-corrected chi connectivity index (χ4v) is 10.2. The molecule has 11 atom stereocenters. The molecule has 0 aromatic rings. The molecular formula is C27H42O4. The Kier molecular flexibility index (Phi) is 5.00. The first kappa shape index (κ1) is 21.9. The maximum Gasteiger partial charge on any atom is 0.310 e. The average Bonchev–Trinajstić information content (AvgIpc) is 2.71. The van der Waals surface area contributed by atoms with E-state index in [2.05, 4.69) is 33.8 Å². The van der Waals surface area contributed by atoms with E-state index in [0.717, 1.165) is 51.4 Å². The molecule has 31 heavy (non-hydrogen) atoms. The smallest absolute Gasteiger partial charge is 0.310 e. The molecule has 4 fully saturated rings. The van der Waals surface area contributed by atoms with E-state index < -0.39 is 23.6 Å². The Morgan fingerprint density at radius 3 is 2.48 bits per heavy atom. The third kappa shape index (κ3) is 2.76. The lowest BCUT2D eigenvalue weighted by Crippen LogP contribution is -2.62. The molecule has 0 radical (unpaired) electrons. The van der Waals surface area contributed by atoms with Crippen molar-refractivity contribution >= 4 is 5.97 Å². The van der Waals surface area contributed by atoms with Gasteiger partial charge in [-0.3, -0.25) is 4.79 Å². The number of carbonyl (C=O) groups is 1. The molecule has 5 aliphatic carbocycles. The van der Waals surface area contributed by atoms with E-state index in [1.165, 1.54) is 5.57 Å². The number of aliphatic hydroxyl groups excluding tert-OH is 2. The highest BCUT2D eigenvalue weighted by atomic mass is 16.4. The fraction of sp³-hybridized carbons (Fsp3) is 0.889. The molecule has 0 aromatic heterocycles. The Morgan fingerprint density at radius 1 is 1.03 bits per heavy atom. The van der Waals surface area contributed by atoms with Crippen LogP contribution in [0.3, 0.4) is 0 Å². The molecule has 0 spiro atoms. The lowest BCUT2D eigenvalue weighted by atomic mass is 9.38. The molecule has 4 nitrogen and oxygen atoms in total. The van der Waals surface area contributed by atoms with E-state index in [1.54, 1.807) is 0 Å². The number of carboxylic acid groups (broad SMARTS) is 1. The Labute approximate surface area is 187 Å². The molecule has 0 amide bonds. The van der Waals surface area contributed by atoms with Crippen LogP contribution in [-0.4, -0.2) is 33.5 Å². The molecule has 9 unspecified atom stereocenters. The van der Waals surface area contributed by atoms with Gasteiger partial charge < -0.3 is 15.3 Å². The van der Waals surface area contributed by atoms with Crippen LogP contribution in [0.2, 0.25) is 0 Å². The summed E-state index contributed by atoms with van der Waals surface area (Å²) in [4.78, 5) is 12.6. The third-order valence-electron chi connectivity index (χ3n) is 11.5. The predicted molar refractivity (Wildman–Crippen MR) is 120 cm³/mol. The van der Waals surface area contributed by atoms with E-state index in [-0.39, 0.29) is 22.7 Å². The average molecular weight is 431 g/mol. The second kappa shape index (κ2) is 7.06. The van der Waals surface area contributed by atoms with Crippen LogP contribution in [0, 0.1) is 51.8 Å². The van der Waals surface area contributed by atoms with Crippen LogP contribution in [-0.2, 0) is 4.79 Å². The summed E-state index contributed by atoms with van der Waals surface area (Å²) in [5.74, 6) is 1.62. The van der Waals surface area contributed by atoms with Crippen molar-refractivity contribution in [3.8, 4) is 0 Å². The minimum absolute atomic E-state index is 0.0343. The van der Waals surface area contributed by atoms with Gasteiger partial charge >= 0.3 is 5.97 Å². The summed E-state index contributed by atoms with van der Waals surface area (Å²) in [5.41, 5.74) is 1.13. The van der Waals surface area contributed by atoms with Gasteiger partial charge in [0.15, 0.2) is 0 Å². The van der Waals surface area contributed by atoms with Crippen LogP contribution in [0.1, 0.15) is 85.5 Å². The predicted octanol–water partition coefficient (Wildman–Crippen LogP) is 5.03. The number of carboxylic acids is 1. The van der Waals surface area contributed by atoms with E-state index in [9.17, 15) is 20.1 Å². The van der Waals surface area contributed by atoms with Crippen molar-refractivity contribution in [1.29, 1.82) is 0 Å². The number of allylic oxidation sites excluding steroid dienone is 2. The number of hydrogen-bond donors (Lipinski definition) is 3. The number of aliphatic carboxylic acids is 1. The second-order valence-corrected chi connectivity index (χ2v) is 12.7. The monoisotopic (exact) mass is 430 g/mol. The first-order chi connectivity index (χ1) is 14.6. The van der Waals surface area contributed by atoms with Crippen LogP contribution >= 0.6 is 0 Å². The van der Waals surface area contributed by atoms with Crippen LogP contribution in [0.5, 0.6) is 0 Å². The van der Waals surface area contributed by atoms with Gasteiger partial charge in [-0.05, 0) is 91.3 Å². The molecule has 3 N–H and O–H groups in total. The Balaban J connectivity index is 1.55. The van der Waals surface area contributed by atoms with Crippen LogP contribution in [0.15, 0.2) is 11.6 Å². The summed E-state index contributed by atoms with van der Waals surface area (Å²) in [5, 5.41) is 31.6. The number of hydrogen-bond acceptors (Lipinski definition) is 3. The van der Waals surface area contributed by atoms with Crippen LogP contribution in [0.4, 0.5) is 0 Å². The molecule has 4 heteroatoms. The zero-order valence-electron chi connectivity index (χ0n) is 19.8. The zero-order valence-corrected chi connectivity index (χ0v) is 19.8. The molecule has 5 rings (SSSR count). The molecular weight excluding hydrogens is 388 g/mol. The Morgan fingerprint density at radius 2 is 1.77 bits per heavy atom. The van der Waals surface area contributed by atoms with E-state index in [1.807, 2.05) is 0 Å². The van der Waals surface area contributed by atoms with Gasteiger partial charge in [-0.15, -0.1) is 0 Å². The summed E-state index contributed by atoms with van der Waals surface area (Å²) in [6, 6.07) is 0. The first-order valence-corrected chi connectivity index (χ1v) is 12.9. The quantitative estimate of drug-likeness (QED) is 0.510. The summed E-state index contributed by atoms with van der Waals surface area (Å²) in [6.45, 7) is 9.30. The number of fused-ring (bicyclic) bond motifs is 7. The molecule has 0 heterocycles. The molecule has 0 aromatic carbocycles. The highest BCUT2D eigenvalue weighted by Crippen LogP contribution is 2.70. The van der Waals surface area contributed by atoms with Gasteiger partial charge in [0, 0.05) is 0 Å². The Bertz CT molecular complexity index is 790. The summed E-state index contributed by atoms with van der Waals surface area (Å²) >= 11 is 0. The van der Waals surface area contributed by atoms with Crippen LogP contribution in [0.25, 0.3) is 0 Å². The lowest BCUT2D eigenvalue weighted by molar-refractivity contribution is -0.191. The molecule has 5 aliphatic rings. The van der Waals surface area contributed by atoms with Crippen molar-refractivity contribution < 1.29 is 20.1 Å². The minimum Gasteiger partial charge on any atom is -0.481 e. The Hall–Kier alpha value is -0.870. The lowest BCUT2D eigenvalue weighted by Gasteiger charge is -2.66. The standard InChI is InChI=1S/C27H42O4/c1-15-6-5-11-27(24(30)31)13-10-19-17(22(15)27)7-8-21-25(19,3)12-9-18-16(2)23(29)20(28)14-26(18,21)4/h7,15-16,18-23,28-29H,5-6,8-14H2,1-4H3,(H,30,31)/t15?,16?,18-,19?,20+,21?,22?,23?,25?,26?,27?/m0/s1. The molecule has 4 saturated carbocycles. The fourth-order valence-electron chi connectivity index (χ4n) is 10.2. The summed E-state index contributed by atoms with van der Waals surface area (Å²) in [6.07, 6.45) is 10.0. The van der Waals surface area contributed by atoms with E-state index in [4.69, 9.17) is 0 Å². The zero-order chi connectivity index (χ0) is 22.3. The first-order valence-electron chi connectivity index (χ1n) is 12.9. The van der Waals surface area contributed by atoms with Crippen LogP contribution < -0.4 is 0 Å². The van der Waals surface area contributed by atoms with Gasteiger partial charge in [0.05, 0.1) is 17.6 Å². The van der Waals surface area contributed by atoms with Gasteiger partial charge in [0.1, 0.15) is 0 Å². The largest absolute Gasteiger partial charge is 0.481 e. The topological polar surface area (TPSA) is 77.8 Å². The minimum atomic E-state index is -0.631. The highest BCUT2D eigenvalue weighted by Gasteiger charge is 2.65. The van der Waals surface area contributed by atoms with Crippen molar-refractivity contribution in [2.45, 2.75) is 97.7 Å². The van der Waals surface area contributed by atoms with Crippen molar-refractivity contribution in [3.63, 3.8) is 0 Å². The van der Waals surface area contributed by atoms with Crippen molar-refractivity contribution in [1.82, 2.24) is 0 Å². The number of aliphatic hydroxyl groups is 2. The van der Waals surface area contributed by atoms with E-state index in [0.29, 0.717) is 30.1 Å². The van der Waals surface area contributed by atoms with Crippen molar-refractivity contribution in [2.75, 3.05) is 0 Å². The van der Waals surface area contributed by atoms with E-state index >= 15 is 0 Å². The maximum absolute atomic E-state index is 12.6. The van der Waals surface area contributed by atoms with Gasteiger partial charge in [0.2, 0.25) is 0 Å². The molecule has 0 bridgehead atoms. The number of rotatable bonds is 1. The normalized spacial score (nSPS) is 56.4. The molecule has 0 saturated heterocycles. The van der Waals surface area contributed by atoms with Crippen molar-refractivity contribution in [3.05, 3.63) is 11.6 Å². The summed E-state index contributed by atoms with van der Waals surface area (Å²) < 4.78 is 0. The highest BCUT2D eigenvalue weighted by molar-refractivity contribution is 5.76. The van der Waals surface area contributed by atoms with Gasteiger partial charge in [-0.2, -0.15) is 0 Å². The second-order valence-electron chi connectivity index (χ2n) is 12.7. The summed E-state index contributed by atoms with van der Waals surface area (Å²) in [7, 11) is 0. The SMILES string of the molecule is CC1CCCC2(C(=O)O)CCC3C(=CCC4C3(C)CC[C@H]3C(C)C(O)[C@H](O)CC43C)C12. The third-order valence-corrected chi connectivity index (χ3v) is 11.5. The molecule has 0 aliphatic heterocycles.